The molecule has 0 aliphatic carbocycles. The molecule has 5 nitrogen and oxygen atoms in total. The second kappa shape index (κ2) is 9.61. The Bertz CT molecular complexity index is 724. The molecule has 0 fully saturated rings. The third-order valence-corrected chi connectivity index (χ3v) is 4.24. The Morgan fingerprint density at radius 1 is 0.962 bits per heavy atom. The summed E-state index contributed by atoms with van der Waals surface area (Å²) < 4.78 is 0. The number of benzene rings is 2. The van der Waals surface area contributed by atoms with Crippen molar-refractivity contribution in [3.05, 3.63) is 59.7 Å². The highest BCUT2D eigenvalue weighted by Gasteiger charge is 2.13. The molecule has 4 N–H and O–H groups in total. The maximum Gasteiger partial charge on any atom is 0.248 e. The summed E-state index contributed by atoms with van der Waals surface area (Å²) in [5.74, 6) is -0.639. The van der Waals surface area contributed by atoms with Gasteiger partial charge in [0, 0.05) is 16.9 Å². The van der Waals surface area contributed by atoms with Gasteiger partial charge in [0.1, 0.15) is 6.04 Å². The molecule has 2 aromatic carbocycles. The average Bonchev–Trinajstić information content (AvgIpc) is 2.63. The fourth-order valence-corrected chi connectivity index (χ4v) is 2.63. The molecule has 0 heterocycles. The van der Waals surface area contributed by atoms with E-state index in [0.29, 0.717) is 11.3 Å². The predicted octanol–water partition coefficient (Wildman–Crippen LogP) is 3.96. The van der Waals surface area contributed by atoms with E-state index in [1.165, 1.54) is 24.8 Å². The molecular formula is C21H27N3O2. The smallest absolute Gasteiger partial charge is 0.248 e. The molecule has 0 unspecified atom stereocenters. The van der Waals surface area contributed by atoms with Crippen molar-refractivity contribution in [2.45, 2.75) is 45.6 Å². The number of hydrogen-bond acceptors (Lipinski definition) is 3. The van der Waals surface area contributed by atoms with Gasteiger partial charge in [-0.2, -0.15) is 0 Å². The third kappa shape index (κ3) is 5.92. The van der Waals surface area contributed by atoms with E-state index in [-0.39, 0.29) is 5.91 Å². The average molecular weight is 353 g/mol. The van der Waals surface area contributed by atoms with Crippen LogP contribution < -0.4 is 16.4 Å². The Balaban J connectivity index is 1.87. The van der Waals surface area contributed by atoms with Gasteiger partial charge >= 0.3 is 0 Å². The molecule has 0 saturated carbocycles. The topological polar surface area (TPSA) is 84.2 Å². The fourth-order valence-electron chi connectivity index (χ4n) is 2.63. The van der Waals surface area contributed by atoms with E-state index in [2.05, 4.69) is 29.7 Å². The summed E-state index contributed by atoms with van der Waals surface area (Å²) in [4.78, 5) is 23.4. The number of carbonyl (C=O) groups excluding carboxylic acids is 2. The number of unbranched alkanes of at least 4 members (excludes halogenated alkanes) is 2. The van der Waals surface area contributed by atoms with Crippen LogP contribution in [0.3, 0.4) is 0 Å². The van der Waals surface area contributed by atoms with Crippen LogP contribution in [0.4, 0.5) is 11.4 Å². The fraction of sp³-hybridized carbons (Fsp3) is 0.333. The number of nitrogens with one attached hydrogen (secondary N) is 2. The molecule has 0 radical (unpaired) electrons. The summed E-state index contributed by atoms with van der Waals surface area (Å²) in [6.07, 6.45) is 4.76. The molecular weight excluding hydrogens is 326 g/mol. The zero-order valence-corrected chi connectivity index (χ0v) is 15.4. The predicted molar refractivity (Wildman–Crippen MR) is 106 cm³/mol. The molecule has 0 aliphatic heterocycles. The normalized spacial score (nSPS) is 11.6. The first-order chi connectivity index (χ1) is 12.5. The van der Waals surface area contributed by atoms with Crippen molar-refractivity contribution >= 4 is 23.2 Å². The molecule has 26 heavy (non-hydrogen) atoms. The lowest BCUT2D eigenvalue weighted by molar-refractivity contribution is -0.116. The molecule has 0 bridgehead atoms. The van der Waals surface area contributed by atoms with Crippen molar-refractivity contribution in [2.24, 2.45) is 5.73 Å². The molecule has 2 amide bonds. The number of primary amides is 1. The molecule has 1 atom stereocenters. The first-order valence-corrected chi connectivity index (χ1v) is 9.06. The zero-order valence-electron chi connectivity index (χ0n) is 15.4. The van der Waals surface area contributed by atoms with Gasteiger partial charge in [-0.15, -0.1) is 0 Å². The Morgan fingerprint density at radius 3 is 2.15 bits per heavy atom. The standard InChI is InChI=1S/C21H27N3O2/c1-3-4-5-6-16-7-11-18(12-8-16)23-15(2)21(26)24-19-13-9-17(10-14-19)20(22)25/h7-15,23H,3-6H2,1-2H3,(H2,22,25)(H,24,26)/t15-/m1/s1. The highest BCUT2D eigenvalue weighted by molar-refractivity contribution is 5.97. The van der Waals surface area contributed by atoms with Crippen LogP contribution in [-0.2, 0) is 11.2 Å². The SMILES string of the molecule is CCCCCc1ccc(N[C@H](C)C(=O)Nc2ccc(C(N)=O)cc2)cc1. The summed E-state index contributed by atoms with van der Waals surface area (Å²) in [5, 5.41) is 6.02. The highest BCUT2D eigenvalue weighted by Crippen LogP contribution is 2.14. The van der Waals surface area contributed by atoms with Gasteiger partial charge in [-0.1, -0.05) is 31.9 Å². The third-order valence-electron chi connectivity index (χ3n) is 4.24. The number of amides is 2. The van der Waals surface area contributed by atoms with Gasteiger partial charge in [0.25, 0.3) is 0 Å². The Kier molecular flexibility index (Phi) is 7.21. The maximum atomic E-state index is 12.3. The molecule has 0 saturated heterocycles. The van der Waals surface area contributed by atoms with Gasteiger partial charge in [-0.3, -0.25) is 9.59 Å². The molecule has 0 aliphatic rings. The van der Waals surface area contributed by atoms with Crippen molar-refractivity contribution in [3.63, 3.8) is 0 Å². The van der Waals surface area contributed by atoms with E-state index in [0.717, 1.165) is 12.1 Å². The monoisotopic (exact) mass is 353 g/mol. The number of anilines is 2. The Labute approximate surface area is 155 Å². The second-order valence-electron chi connectivity index (χ2n) is 6.45. The van der Waals surface area contributed by atoms with E-state index in [1.54, 1.807) is 24.3 Å². The van der Waals surface area contributed by atoms with E-state index in [4.69, 9.17) is 5.73 Å². The van der Waals surface area contributed by atoms with Crippen molar-refractivity contribution in [1.82, 2.24) is 0 Å². The number of nitrogens with two attached hydrogens (primary N) is 1. The summed E-state index contributed by atoms with van der Waals surface area (Å²) in [6, 6.07) is 14.3. The lowest BCUT2D eigenvalue weighted by Crippen LogP contribution is -2.31. The van der Waals surface area contributed by atoms with Gasteiger partial charge < -0.3 is 16.4 Å². The summed E-state index contributed by atoms with van der Waals surface area (Å²) in [7, 11) is 0. The molecule has 5 heteroatoms. The quantitative estimate of drug-likeness (QED) is 0.597. The van der Waals surface area contributed by atoms with Crippen LogP contribution in [0.25, 0.3) is 0 Å². The van der Waals surface area contributed by atoms with Crippen molar-refractivity contribution in [2.75, 3.05) is 10.6 Å². The Morgan fingerprint density at radius 2 is 1.58 bits per heavy atom. The van der Waals surface area contributed by atoms with Crippen LogP contribution in [0.15, 0.2) is 48.5 Å². The minimum absolute atomic E-state index is 0.149. The largest absolute Gasteiger partial charge is 0.374 e. The molecule has 0 aromatic heterocycles. The molecule has 2 aromatic rings. The van der Waals surface area contributed by atoms with Crippen LogP contribution in [0.2, 0.25) is 0 Å². The minimum Gasteiger partial charge on any atom is -0.374 e. The van der Waals surface area contributed by atoms with Gasteiger partial charge in [-0.25, -0.2) is 0 Å². The maximum absolute atomic E-state index is 12.3. The molecule has 0 spiro atoms. The number of carbonyl (C=O) groups is 2. The number of aryl methyl sites for hydroxylation is 1. The molecule has 2 rings (SSSR count). The van der Waals surface area contributed by atoms with Gasteiger partial charge in [0.2, 0.25) is 11.8 Å². The zero-order chi connectivity index (χ0) is 18.9. The number of hydrogen-bond donors (Lipinski definition) is 3. The van der Waals surface area contributed by atoms with E-state index >= 15 is 0 Å². The highest BCUT2D eigenvalue weighted by atomic mass is 16.2. The first kappa shape index (κ1) is 19.5. The van der Waals surface area contributed by atoms with Gasteiger partial charge in [0.15, 0.2) is 0 Å². The lowest BCUT2D eigenvalue weighted by atomic mass is 10.1. The van der Waals surface area contributed by atoms with Crippen LogP contribution in [0, 0.1) is 0 Å². The summed E-state index contributed by atoms with van der Waals surface area (Å²) in [5.41, 5.74) is 8.47. The molecule has 138 valence electrons. The van der Waals surface area contributed by atoms with Crippen molar-refractivity contribution in [3.8, 4) is 0 Å². The van der Waals surface area contributed by atoms with Gasteiger partial charge in [0.05, 0.1) is 0 Å². The summed E-state index contributed by atoms with van der Waals surface area (Å²) >= 11 is 0. The first-order valence-electron chi connectivity index (χ1n) is 9.06. The minimum atomic E-state index is -0.490. The van der Waals surface area contributed by atoms with E-state index in [9.17, 15) is 9.59 Å². The van der Waals surface area contributed by atoms with Crippen LogP contribution in [0.5, 0.6) is 0 Å². The second-order valence-corrected chi connectivity index (χ2v) is 6.45. The lowest BCUT2D eigenvalue weighted by Gasteiger charge is -2.16. The van der Waals surface area contributed by atoms with E-state index < -0.39 is 11.9 Å². The van der Waals surface area contributed by atoms with Crippen LogP contribution in [-0.4, -0.2) is 17.9 Å². The Hall–Kier alpha value is -2.82. The summed E-state index contributed by atoms with van der Waals surface area (Å²) in [6.45, 7) is 4.01. The van der Waals surface area contributed by atoms with Crippen LogP contribution >= 0.6 is 0 Å². The van der Waals surface area contributed by atoms with Crippen molar-refractivity contribution < 1.29 is 9.59 Å². The van der Waals surface area contributed by atoms with Gasteiger partial charge in [-0.05, 0) is 61.7 Å². The van der Waals surface area contributed by atoms with Crippen LogP contribution in [0.1, 0.15) is 49.0 Å². The van der Waals surface area contributed by atoms with Crippen molar-refractivity contribution in [1.29, 1.82) is 0 Å². The number of rotatable bonds is 9. The van der Waals surface area contributed by atoms with E-state index in [1.807, 2.05) is 19.1 Å².